The van der Waals surface area contributed by atoms with Gasteiger partial charge in [-0.25, -0.2) is 0 Å². The van der Waals surface area contributed by atoms with Crippen LogP contribution < -0.4 is 0 Å². The van der Waals surface area contributed by atoms with Gasteiger partial charge < -0.3 is 9.47 Å². The summed E-state index contributed by atoms with van der Waals surface area (Å²) >= 11 is 0. The Kier molecular flexibility index (Phi) is 8.14. The van der Waals surface area contributed by atoms with Crippen LogP contribution in [0.5, 0.6) is 0 Å². The van der Waals surface area contributed by atoms with Crippen molar-refractivity contribution >= 4 is 27.6 Å². The van der Waals surface area contributed by atoms with Crippen molar-refractivity contribution in [3.8, 4) is 0 Å². The zero-order valence-electron chi connectivity index (χ0n) is 10.6. The van der Waals surface area contributed by atoms with E-state index in [1.54, 1.807) is 0 Å². The second kappa shape index (κ2) is 9.11. The highest BCUT2D eigenvalue weighted by atomic mass is 33.1. The van der Waals surface area contributed by atoms with E-state index in [9.17, 15) is 4.79 Å². The molecule has 0 N–H and O–H groups in total. The van der Waals surface area contributed by atoms with Crippen molar-refractivity contribution in [2.24, 2.45) is 0 Å². The zero-order chi connectivity index (χ0) is 12.5. The molecule has 0 aliphatic carbocycles. The first-order valence-electron chi connectivity index (χ1n) is 6.24. The fraction of sp³-hybridized carbons (Fsp3) is 0.917. The molecular weight excluding hydrogens is 256 g/mol. The fourth-order valence-corrected chi connectivity index (χ4v) is 4.54. The van der Waals surface area contributed by atoms with Gasteiger partial charge in [0, 0.05) is 17.4 Å². The number of ether oxygens (including phenoxy) is 2. The number of rotatable bonds is 8. The number of esters is 1. The Labute approximate surface area is 112 Å². The van der Waals surface area contributed by atoms with Crippen LogP contribution in [0.25, 0.3) is 0 Å². The van der Waals surface area contributed by atoms with Crippen molar-refractivity contribution in [1.29, 1.82) is 0 Å². The van der Waals surface area contributed by atoms with Gasteiger partial charge in [-0.05, 0) is 33.1 Å². The Morgan fingerprint density at radius 2 is 2.24 bits per heavy atom. The van der Waals surface area contributed by atoms with E-state index in [4.69, 9.17) is 9.47 Å². The average Bonchev–Trinajstić information content (AvgIpc) is 2.76. The van der Waals surface area contributed by atoms with Gasteiger partial charge in [0.25, 0.3) is 0 Å². The molecule has 0 bridgehead atoms. The molecule has 0 saturated carbocycles. The van der Waals surface area contributed by atoms with Crippen molar-refractivity contribution in [3.05, 3.63) is 0 Å². The van der Waals surface area contributed by atoms with Crippen molar-refractivity contribution in [2.75, 3.05) is 12.5 Å². The second-order valence-corrected chi connectivity index (χ2v) is 7.21. The molecule has 1 aliphatic heterocycles. The van der Waals surface area contributed by atoms with Gasteiger partial charge in [0.15, 0.2) is 6.79 Å². The van der Waals surface area contributed by atoms with E-state index >= 15 is 0 Å². The van der Waals surface area contributed by atoms with Crippen LogP contribution in [0, 0.1) is 0 Å². The quantitative estimate of drug-likeness (QED) is 0.293. The minimum Gasteiger partial charge on any atom is -0.438 e. The number of carbonyl (C=O) groups excluding carboxylic acids is 1. The van der Waals surface area contributed by atoms with E-state index in [1.165, 1.54) is 18.6 Å². The van der Waals surface area contributed by atoms with Gasteiger partial charge in [-0.1, -0.05) is 28.0 Å². The summed E-state index contributed by atoms with van der Waals surface area (Å²) in [6.45, 7) is 3.93. The van der Waals surface area contributed by atoms with Gasteiger partial charge in [-0.15, -0.1) is 0 Å². The molecule has 0 amide bonds. The molecule has 1 heterocycles. The number of unbranched alkanes of at least 4 members (excludes halogenated alkanes) is 1. The highest BCUT2D eigenvalue weighted by Crippen LogP contribution is 2.39. The predicted molar refractivity (Wildman–Crippen MR) is 74.1 cm³/mol. The predicted octanol–water partition coefficient (Wildman–Crippen LogP) is 3.63. The van der Waals surface area contributed by atoms with Crippen LogP contribution in [-0.2, 0) is 14.3 Å². The molecule has 1 rings (SSSR count). The Hall–Kier alpha value is 0.130. The molecule has 1 fully saturated rings. The summed E-state index contributed by atoms with van der Waals surface area (Å²) in [7, 11) is 3.97. The molecule has 100 valence electrons. The van der Waals surface area contributed by atoms with Crippen LogP contribution in [0.1, 0.15) is 46.0 Å². The molecule has 1 atom stereocenters. The lowest BCUT2D eigenvalue weighted by molar-refractivity contribution is -0.159. The molecule has 1 unspecified atom stereocenters. The molecular formula is C12H22O3S2. The monoisotopic (exact) mass is 278 g/mol. The minimum atomic E-state index is -0.140. The third kappa shape index (κ3) is 7.95. The summed E-state index contributed by atoms with van der Waals surface area (Å²) in [6.07, 6.45) is 5.24. The molecule has 0 aromatic carbocycles. The van der Waals surface area contributed by atoms with Gasteiger partial charge in [0.2, 0.25) is 0 Å². The van der Waals surface area contributed by atoms with Gasteiger partial charge in [-0.3, -0.25) is 4.79 Å². The molecule has 0 aromatic heterocycles. The molecule has 1 saturated heterocycles. The van der Waals surface area contributed by atoms with Crippen LogP contribution in [-0.4, -0.2) is 29.9 Å². The molecule has 0 aromatic rings. The first-order valence-corrected chi connectivity index (χ1v) is 8.62. The van der Waals surface area contributed by atoms with E-state index < -0.39 is 0 Å². The van der Waals surface area contributed by atoms with Gasteiger partial charge in [0.1, 0.15) is 0 Å². The number of hydrogen-bond donors (Lipinski definition) is 0. The summed E-state index contributed by atoms with van der Waals surface area (Å²) in [4.78, 5) is 11.3. The SMILES string of the molecule is CC(C)OCOC(=O)CCCCC1CCSS1. The van der Waals surface area contributed by atoms with Crippen LogP contribution in [0.15, 0.2) is 0 Å². The zero-order valence-corrected chi connectivity index (χ0v) is 12.3. The lowest BCUT2D eigenvalue weighted by Gasteiger charge is -2.09. The van der Waals surface area contributed by atoms with Crippen LogP contribution in [0.2, 0.25) is 0 Å². The molecule has 1 aliphatic rings. The third-order valence-electron chi connectivity index (χ3n) is 2.51. The van der Waals surface area contributed by atoms with Crippen LogP contribution in [0.3, 0.4) is 0 Å². The lowest BCUT2D eigenvalue weighted by Crippen LogP contribution is -2.12. The maximum absolute atomic E-state index is 11.3. The van der Waals surface area contributed by atoms with Gasteiger partial charge in [-0.2, -0.15) is 0 Å². The van der Waals surface area contributed by atoms with Crippen molar-refractivity contribution in [1.82, 2.24) is 0 Å². The molecule has 17 heavy (non-hydrogen) atoms. The number of hydrogen-bond acceptors (Lipinski definition) is 5. The summed E-state index contributed by atoms with van der Waals surface area (Å²) in [5.41, 5.74) is 0. The largest absolute Gasteiger partial charge is 0.438 e. The van der Waals surface area contributed by atoms with Crippen LogP contribution >= 0.6 is 21.6 Å². The first-order chi connectivity index (χ1) is 8.18. The molecule has 0 radical (unpaired) electrons. The Bertz CT molecular complexity index is 216. The summed E-state index contributed by atoms with van der Waals surface area (Å²) < 4.78 is 10.1. The first kappa shape index (κ1) is 15.2. The minimum absolute atomic E-state index is 0.0889. The standard InChI is InChI=1S/C12H22O3S2/c1-10(2)14-9-15-12(13)6-4-3-5-11-7-8-16-17-11/h10-11H,3-9H2,1-2H3. The van der Waals surface area contributed by atoms with Gasteiger partial charge in [0.05, 0.1) is 6.10 Å². The highest BCUT2D eigenvalue weighted by molar-refractivity contribution is 8.77. The van der Waals surface area contributed by atoms with E-state index in [0.717, 1.165) is 18.1 Å². The summed E-state index contributed by atoms with van der Waals surface area (Å²) in [5.74, 6) is 1.14. The molecule has 0 spiro atoms. The van der Waals surface area contributed by atoms with Crippen molar-refractivity contribution < 1.29 is 14.3 Å². The second-order valence-electron chi connectivity index (χ2n) is 4.42. The maximum atomic E-state index is 11.3. The highest BCUT2D eigenvalue weighted by Gasteiger charge is 2.15. The summed E-state index contributed by atoms with van der Waals surface area (Å²) in [6, 6.07) is 0. The van der Waals surface area contributed by atoms with Crippen molar-refractivity contribution in [2.45, 2.75) is 57.3 Å². The fourth-order valence-electron chi connectivity index (χ4n) is 1.51. The summed E-state index contributed by atoms with van der Waals surface area (Å²) in [5, 5.41) is 0.806. The normalized spacial score (nSPS) is 19.8. The van der Waals surface area contributed by atoms with E-state index in [2.05, 4.69) is 0 Å². The van der Waals surface area contributed by atoms with Crippen molar-refractivity contribution in [3.63, 3.8) is 0 Å². The smallest absolute Gasteiger partial charge is 0.307 e. The third-order valence-corrected chi connectivity index (χ3v) is 5.51. The van der Waals surface area contributed by atoms with E-state index in [-0.39, 0.29) is 18.9 Å². The topological polar surface area (TPSA) is 35.5 Å². The van der Waals surface area contributed by atoms with Crippen LogP contribution in [0.4, 0.5) is 0 Å². The van der Waals surface area contributed by atoms with E-state index in [1.807, 2.05) is 35.4 Å². The van der Waals surface area contributed by atoms with E-state index in [0.29, 0.717) is 6.42 Å². The average molecular weight is 278 g/mol. The molecule has 5 heteroatoms. The number of carbonyl (C=O) groups is 1. The Balaban J connectivity index is 1.89. The maximum Gasteiger partial charge on any atom is 0.307 e. The lowest BCUT2D eigenvalue weighted by atomic mass is 10.1. The Morgan fingerprint density at radius 1 is 1.41 bits per heavy atom. The van der Waals surface area contributed by atoms with Gasteiger partial charge >= 0.3 is 5.97 Å². The Morgan fingerprint density at radius 3 is 2.88 bits per heavy atom. The molecule has 3 nitrogen and oxygen atoms in total.